The molecule has 0 aliphatic heterocycles. The number of fused-ring (bicyclic) bond motifs is 3. The van der Waals surface area contributed by atoms with Gasteiger partial charge in [0.05, 0.1) is 33.1 Å². The Morgan fingerprint density at radius 2 is 2.04 bits per heavy atom. The Balaban J connectivity index is 1.66. The molecule has 1 aliphatic rings. The van der Waals surface area contributed by atoms with E-state index in [4.69, 9.17) is 14.7 Å². The van der Waals surface area contributed by atoms with Crippen LogP contribution in [-0.2, 0) is 12.8 Å². The first-order chi connectivity index (χ1) is 13.6. The molecule has 0 saturated heterocycles. The molecule has 1 aromatic carbocycles. The van der Waals surface area contributed by atoms with E-state index in [0.29, 0.717) is 6.04 Å². The van der Waals surface area contributed by atoms with Crippen LogP contribution in [-0.4, -0.2) is 37.7 Å². The van der Waals surface area contributed by atoms with Gasteiger partial charge in [-0.25, -0.2) is 9.97 Å². The zero-order valence-corrected chi connectivity index (χ0v) is 17.9. The van der Waals surface area contributed by atoms with Crippen LogP contribution < -0.4 is 15.0 Å². The van der Waals surface area contributed by atoms with Crippen LogP contribution in [0.25, 0.3) is 10.2 Å². The van der Waals surface area contributed by atoms with Gasteiger partial charge >= 0.3 is 0 Å². The van der Waals surface area contributed by atoms with Crippen LogP contribution in [0, 0.1) is 6.92 Å². The van der Waals surface area contributed by atoms with Crippen molar-refractivity contribution in [1.29, 1.82) is 0 Å². The summed E-state index contributed by atoms with van der Waals surface area (Å²) in [6.45, 7) is 2.80. The maximum atomic E-state index is 5.42. The molecule has 4 rings (SSSR count). The Kier molecular flexibility index (Phi) is 5.51. The lowest BCUT2D eigenvalue weighted by atomic mass is 9.97. The third-order valence-corrected chi connectivity index (χ3v) is 6.78. The van der Waals surface area contributed by atoms with Gasteiger partial charge in [-0.2, -0.15) is 0 Å². The van der Waals surface area contributed by atoms with Crippen LogP contribution in [0.3, 0.4) is 0 Å². The monoisotopic (exact) mass is 397 g/mol. The number of likely N-dealkylation sites (N-methyl/N-ethyl adjacent to an activating group) is 1. The van der Waals surface area contributed by atoms with E-state index in [1.54, 1.807) is 7.11 Å². The van der Waals surface area contributed by atoms with Gasteiger partial charge in [0, 0.05) is 10.4 Å². The number of aryl methyl sites for hydroxylation is 3. The highest BCUT2D eigenvalue weighted by atomic mass is 32.1. The Morgan fingerprint density at radius 1 is 1.21 bits per heavy atom. The molecule has 1 aliphatic carbocycles. The van der Waals surface area contributed by atoms with E-state index in [9.17, 15) is 0 Å². The van der Waals surface area contributed by atoms with Gasteiger partial charge in [0.15, 0.2) is 0 Å². The Morgan fingerprint density at radius 3 is 2.82 bits per heavy atom. The molecule has 5 nitrogen and oxygen atoms in total. The fraction of sp³-hybridized carbons (Fsp3) is 0.455. The van der Waals surface area contributed by atoms with E-state index in [1.165, 1.54) is 45.6 Å². The van der Waals surface area contributed by atoms with E-state index in [0.717, 1.165) is 35.2 Å². The Hall–Kier alpha value is -2.18. The molecule has 3 aromatic rings. The van der Waals surface area contributed by atoms with Gasteiger partial charge in [0.25, 0.3) is 0 Å². The first kappa shape index (κ1) is 19.2. The number of ether oxygens (including phenoxy) is 1. The highest BCUT2D eigenvalue weighted by molar-refractivity contribution is 7.19. The Labute approximate surface area is 170 Å². The number of thiophene rings is 1. The smallest absolute Gasteiger partial charge is 0.139 e. The van der Waals surface area contributed by atoms with E-state index in [2.05, 4.69) is 37.6 Å². The second kappa shape index (κ2) is 8.05. The summed E-state index contributed by atoms with van der Waals surface area (Å²) in [6, 6.07) is 8.66. The van der Waals surface area contributed by atoms with Crippen LogP contribution in [0.4, 0.5) is 5.82 Å². The molecule has 2 N–H and O–H groups in total. The van der Waals surface area contributed by atoms with Crippen molar-refractivity contribution in [2.24, 2.45) is 0 Å². The predicted molar refractivity (Wildman–Crippen MR) is 116 cm³/mol. The molecule has 148 valence electrons. The number of aromatic nitrogens is 2. The molecule has 0 unspecified atom stereocenters. The average molecular weight is 398 g/mol. The summed E-state index contributed by atoms with van der Waals surface area (Å²) >= 11 is 1.86. The first-order valence-electron chi connectivity index (χ1n) is 10.0. The summed E-state index contributed by atoms with van der Waals surface area (Å²) in [5.41, 5.74) is 2.74. The van der Waals surface area contributed by atoms with Gasteiger partial charge in [-0.15, -0.1) is 11.3 Å². The van der Waals surface area contributed by atoms with E-state index >= 15 is 0 Å². The number of hydrogen-bond donors (Lipinski definition) is 2. The van der Waals surface area contributed by atoms with Gasteiger partial charge < -0.3 is 15.0 Å². The highest BCUT2D eigenvalue weighted by Gasteiger charge is 2.23. The molecular weight excluding hydrogens is 368 g/mol. The molecule has 0 saturated carbocycles. The maximum absolute atomic E-state index is 5.42. The molecular formula is C22H29N4OS+. The van der Waals surface area contributed by atoms with Crippen molar-refractivity contribution >= 4 is 27.4 Å². The van der Waals surface area contributed by atoms with Crippen LogP contribution in [0.1, 0.15) is 40.7 Å². The Bertz CT molecular complexity index is 982. The summed E-state index contributed by atoms with van der Waals surface area (Å²) in [7, 11) is 6.10. The minimum Gasteiger partial charge on any atom is -0.497 e. The molecule has 2 heterocycles. The van der Waals surface area contributed by atoms with Gasteiger partial charge in [0.2, 0.25) is 0 Å². The second-order valence-electron chi connectivity index (χ2n) is 7.80. The van der Waals surface area contributed by atoms with Crippen molar-refractivity contribution in [2.45, 2.75) is 38.6 Å². The zero-order valence-electron chi connectivity index (χ0n) is 17.1. The molecule has 0 fully saturated rings. The number of nitrogens with zero attached hydrogens (tertiary/aromatic N) is 2. The first-order valence-corrected chi connectivity index (χ1v) is 10.8. The van der Waals surface area contributed by atoms with E-state index in [-0.39, 0.29) is 0 Å². The largest absolute Gasteiger partial charge is 0.497 e. The molecule has 0 bridgehead atoms. The normalized spacial score (nSPS) is 14.9. The summed E-state index contributed by atoms with van der Waals surface area (Å²) in [5.74, 6) is 2.73. The van der Waals surface area contributed by atoms with Crippen LogP contribution in [0.5, 0.6) is 5.75 Å². The van der Waals surface area contributed by atoms with Crippen molar-refractivity contribution in [3.05, 3.63) is 46.1 Å². The standard InChI is InChI=1S/C22H28N4OS/c1-14-24-21(20-17-10-5-6-11-19(17)28-22(20)25-14)23-13-18(26(2)3)15-8-7-9-16(12-15)27-4/h7-9,12,18H,5-6,10-11,13H2,1-4H3,(H,23,24,25)/p+1/t18-/m1/s1. The molecule has 28 heavy (non-hydrogen) atoms. The topological polar surface area (TPSA) is 51.5 Å². The summed E-state index contributed by atoms with van der Waals surface area (Å²) in [5, 5.41) is 4.93. The molecule has 6 heteroatoms. The summed E-state index contributed by atoms with van der Waals surface area (Å²) < 4.78 is 5.42. The van der Waals surface area contributed by atoms with Crippen molar-refractivity contribution in [2.75, 3.05) is 33.1 Å². The van der Waals surface area contributed by atoms with E-state index in [1.807, 2.05) is 24.3 Å². The number of rotatable bonds is 6. The average Bonchev–Trinajstić information content (AvgIpc) is 3.06. The van der Waals surface area contributed by atoms with Crippen LogP contribution in [0.15, 0.2) is 24.3 Å². The van der Waals surface area contributed by atoms with Crippen LogP contribution >= 0.6 is 11.3 Å². The number of methoxy groups -OCH3 is 1. The fourth-order valence-corrected chi connectivity index (χ4v) is 5.41. The molecule has 0 spiro atoms. The van der Waals surface area contributed by atoms with Gasteiger partial charge in [-0.05, 0) is 50.3 Å². The van der Waals surface area contributed by atoms with Crippen molar-refractivity contribution in [3.8, 4) is 5.75 Å². The second-order valence-corrected chi connectivity index (χ2v) is 8.88. The number of anilines is 1. The minimum absolute atomic E-state index is 0.301. The molecule has 2 aromatic heterocycles. The summed E-state index contributed by atoms with van der Waals surface area (Å²) in [6.07, 6.45) is 4.88. The lowest BCUT2D eigenvalue weighted by Crippen LogP contribution is -3.06. The van der Waals surface area contributed by atoms with Crippen LogP contribution in [0.2, 0.25) is 0 Å². The molecule has 1 atom stereocenters. The third-order valence-electron chi connectivity index (χ3n) is 5.59. The van der Waals surface area contributed by atoms with Crippen molar-refractivity contribution < 1.29 is 9.64 Å². The quantitative estimate of drug-likeness (QED) is 0.671. The fourth-order valence-electron chi connectivity index (χ4n) is 4.10. The molecule has 0 amide bonds. The zero-order chi connectivity index (χ0) is 19.7. The number of quaternary nitrogens is 1. The minimum atomic E-state index is 0.301. The number of nitrogens with one attached hydrogen (secondary N) is 2. The number of benzene rings is 1. The van der Waals surface area contributed by atoms with Gasteiger partial charge in [-0.1, -0.05) is 12.1 Å². The highest BCUT2D eigenvalue weighted by Crippen LogP contribution is 2.38. The van der Waals surface area contributed by atoms with Gasteiger partial charge in [0.1, 0.15) is 28.3 Å². The molecule has 0 radical (unpaired) electrons. The maximum Gasteiger partial charge on any atom is 0.139 e. The SMILES string of the molecule is COc1cccc([C@@H](CNc2nc(C)nc3sc4c(c23)CCCC4)[NH+](C)C)c1. The third kappa shape index (κ3) is 3.71. The number of hydrogen-bond acceptors (Lipinski definition) is 5. The predicted octanol–water partition coefficient (Wildman–Crippen LogP) is 3.18. The lowest BCUT2D eigenvalue weighted by molar-refractivity contribution is -0.890. The van der Waals surface area contributed by atoms with Crippen molar-refractivity contribution in [3.63, 3.8) is 0 Å². The van der Waals surface area contributed by atoms with E-state index < -0.39 is 0 Å². The summed E-state index contributed by atoms with van der Waals surface area (Å²) in [4.78, 5) is 13.5. The lowest BCUT2D eigenvalue weighted by Gasteiger charge is -2.23. The van der Waals surface area contributed by atoms with Gasteiger partial charge in [-0.3, -0.25) is 0 Å². The van der Waals surface area contributed by atoms with Crippen molar-refractivity contribution in [1.82, 2.24) is 9.97 Å².